The molecule has 7 heteroatoms. The molecule has 1 amide bonds. The third-order valence-corrected chi connectivity index (χ3v) is 4.98. The van der Waals surface area contributed by atoms with Crippen molar-refractivity contribution >= 4 is 23.4 Å². The standard InChI is InChI=1S/C27H23N3O4/c1-3-4-22-15-21(16-23(17-28)27(31)29-24-10-5-19(2)6-11-24)9-14-26(22)34-18-20-7-12-25(13-8-20)30(32)33/h3,5-16H,1,4,18H2,2H3,(H,29,31)/b23-16-. The molecule has 0 aliphatic rings. The predicted molar refractivity (Wildman–Crippen MR) is 131 cm³/mol. The van der Waals surface area contributed by atoms with Gasteiger partial charge < -0.3 is 10.1 Å². The molecule has 3 aromatic carbocycles. The van der Waals surface area contributed by atoms with E-state index in [2.05, 4.69) is 11.9 Å². The summed E-state index contributed by atoms with van der Waals surface area (Å²) in [7, 11) is 0. The van der Waals surface area contributed by atoms with Crippen molar-refractivity contribution in [3.8, 4) is 11.8 Å². The largest absolute Gasteiger partial charge is 0.489 e. The number of nitrogens with zero attached hydrogens (tertiary/aromatic N) is 2. The number of allylic oxidation sites excluding steroid dienone is 1. The van der Waals surface area contributed by atoms with Gasteiger partial charge in [-0.1, -0.05) is 29.8 Å². The van der Waals surface area contributed by atoms with E-state index in [0.717, 1.165) is 16.7 Å². The van der Waals surface area contributed by atoms with Gasteiger partial charge in [0.15, 0.2) is 0 Å². The van der Waals surface area contributed by atoms with Crippen LogP contribution in [0.1, 0.15) is 22.3 Å². The number of hydrogen-bond donors (Lipinski definition) is 1. The number of benzene rings is 3. The second-order valence-electron chi connectivity index (χ2n) is 7.56. The number of amides is 1. The number of carbonyl (C=O) groups is 1. The zero-order chi connectivity index (χ0) is 24.5. The van der Waals surface area contributed by atoms with Crippen LogP contribution >= 0.6 is 0 Å². The molecule has 0 saturated heterocycles. The molecule has 3 rings (SSSR count). The highest BCUT2D eigenvalue weighted by Gasteiger charge is 2.11. The summed E-state index contributed by atoms with van der Waals surface area (Å²) in [5, 5.41) is 23.0. The molecule has 0 radical (unpaired) electrons. The van der Waals surface area contributed by atoms with Gasteiger partial charge >= 0.3 is 0 Å². The van der Waals surface area contributed by atoms with E-state index in [1.807, 2.05) is 31.2 Å². The van der Waals surface area contributed by atoms with Crippen molar-refractivity contribution in [3.63, 3.8) is 0 Å². The van der Waals surface area contributed by atoms with Crippen molar-refractivity contribution < 1.29 is 14.5 Å². The normalized spacial score (nSPS) is 10.8. The first-order valence-corrected chi connectivity index (χ1v) is 10.5. The monoisotopic (exact) mass is 453 g/mol. The van der Waals surface area contributed by atoms with E-state index in [-0.39, 0.29) is 17.9 Å². The maximum Gasteiger partial charge on any atom is 0.269 e. The van der Waals surface area contributed by atoms with Gasteiger partial charge in [0.05, 0.1) is 4.92 Å². The summed E-state index contributed by atoms with van der Waals surface area (Å²) in [5.41, 5.74) is 3.98. The Labute approximate surface area is 197 Å². The molecule has 0 spiro atoms. The molecule has 0 bridgehead atoms. The van der Waals surface area contributed by atoms with Crippen LogP contribution in [0.25, 0.3) is 6.08 Å². The van der Waals surface area contributed by atoms with Crippen LogP contribution in [0.2, 0.25) is 0 Å². The zero-order valence-corrected chi connectivity index (χ0v) is 18.7. The summed E-state index contributed by atoms with van der Waals surface area (Å²) < 4.78 is 5.92. The fraction of sp³-hybridized carbons (Fsp3) is 0.111. The lowest BCUT2D eigenvalue weighted by atomic mass is 10.0. The fourth-order valence-electron chi connectivity index (χ4n) is 3.17. The lowest BCUT2D eigenvalue weighted by Crippen LogP contribution is -2.13. The first kappa shape index (κ1) is 24.0. The van der Waals surface area contributed by atoms with Gasteiger partial charge in [-0.3, -0.25) is 14.9 Å². The van der Waals surface area contributed by atoms with Gasteiger partial charge in [-0.25, -0.2) is 0 Å². The average molecular weight is 453 g/mol. The van der Waals surface area contributed by atoms with Gasteiger partial charge in [0.25, 0.3) is 11.6 Å². The molecule has 0 aliphatic carbocycles. The Morgan fingerprint density at radius 3 is 2.47 bits per heavy atom. The van der Waals surface area contributed by atoms with Gasteiger partial charge in [-0.2, -0.15) is 5.26 Å². The van der Waals surface area contributed by atoms with Crippen LogP contribution < -0.4 is 10.1 Å². The molecule has 34 heavy (non-hydrogen) atoms. The molecule has 1 N–H and O–H groups in total. The van der Waals surface area contributed by atoms with Crippen LogP contribution in [0.5, 0.6) is 5.75 Å². The lowest BCUT2D eigenvalue weighted by molar-refractivity contribution is -0.384. The van der Waals surface area contributed by atoms with Crippen LogP contribution in [0.4, 0.5) is 11.4 Å². The maximum absolute atomic E-state index is 12.6. The number of nitro groups is 1. The summed E-state index contributed by atoms with van der Waals surface area (Å²) in [6, 6.07) is 20.8. The number of ether oxygens (including phenoxy) is 1. The number of carbonyl (C=O) groups excluding carboxylic acids is 1. The van der Waals surface area contributed by atoms with Gasteiger partial charge in [0, 0.05) is 17.8 Å². The minimum atomic E-state index is -0.491. The molecular formula is C27H23N3O4. The van der Waals surface area contributed by atoms with Crippen molar-refractivity contribution in [1.29, 1.82) is 5.26 Å². The number of aryl methyl sites for hydroxylation is 1. The minimum Gasteiger partial charge on any atom is -0.489 e. The number of rotatable bonds is 9. The summed E-state index contributed by atoms with van der Waals surface area (Å²) in [4.78, 5) is 22.9. The maximum atomic E-state index is 12.6. The van der Waals surface area contributed by atoms with E-state index >= 15 is 0 Å². The van der Waals surface area contributed by atoms with Gasteiger partial charge in [-0.05, 0) is 72.5 Å². The molecule has 0 heterocycles. The van der Waals surface area contributed by atoms with E-state index in [1.54, 1.807) is 42.5 Å². The third kappa shape index (κ3) is 6.40. The molecule has 0 atom stereocenters. The summed E-state index contributed by atoms with van der Waals surface area (Å²) in [6.07, 6.45) is 3.78. The van der Waals surface area contributed by atoms with Crippen molar-refractivity contribution in [2.45, 2.75) is 20.0 Å². The highest BCUT2D eigenvalue weighted by atomic mass is 16.6. The van der Waals surface area contributed by atoms with Crippen molar-refractivity contribution in [2.75, 3.05) is 5.32 Å². The molecule has 0 unspecified atom stereocenters. The number of non-ortho nitro benzene ring substituents is 1. The van der Waals surface area contributed by atoms with E-state index in [4.69, 9.17) is 4.74 Å². The molecule has 3 aromatic rings. The van der Waals surface area contributed by atoms with E-state index in [0.29, 0.717) is 23.4 Å². The molecule has 0 aromatic heterocycles. The van der Waals surface area contributed by atoms with Crippen molar-refractivity contribution in [3.05, 3.63) is 117 Å². The second-order valence-corrected chi connectivity index (χ2v) is 7.56. The SMILES string of the molecule is C=CCc1cc(/C=C(/C#N)C(=O)Nc2ccc(C)cc2)ccc1OCc1ccc([N+](=O)[O-])cc1. The zero-order valence-electron chi connectivity index (χ0n) is 18.7. The molecule has 170 valence electrons. The van der Waals surface area contributed by atoms with Crippen LogP contribution in [0, 0.1) is 28.4 Å². The van der Waals surface area contributed by atoms with Crippen LogP contribution in [-0.4, -0.2) is 10.8 Å². The van der Waals surface area contributed by atoms with Crippen molar-refractivity contribution in [2.24, 2.45) is 0 Å². The second kappa shape index (κ2) is 11.2. The van der Waals surface area contributed by atoms with E-state index < -0.39 is 10.8 Å². The van der Waals surface area contributed by atoms with Crippen LogP contribution in [0.3, 0.4) is 0 Å². The number of nitrogens with one attached hydrogen (secondary N) is 1. The van der Waals surface area contributed by atoms with Gasteiger partial charge in [-0.15, -0.1) is 6.58 Å². The van der Waals surface area contributed by atoms with Crippen LogP contribution in [-0.2, 0) is 17.8 Å². The number of hydrogen-bond acceptors (Lipinski definition) is 5. The predicted octanol–water partition coefficient (Wildman–Crippen LogP) is 5.76. The number of nitriles is 1. The Bertz CT molecular complexity index is 1270. The first-order valence-electron chi connectivity index (χ1n) is 10.5. The Hall–Kier alpha value is -4.70. The topological polar surface area (TPSA) is 105 Å². The first-order chi connectivity index (χ1) is 16.4. The Balaban J connectivity index is 1.76. The van der Waals surface area contributed by atoms with Gasteiger partial charge in [0.1, 0.15) is 24.0 Å². The fourth-order valence-corrected chi connectivity index (χ4v) is 3.17. The van der Waals surface area contributed by atoms with E-state index in [9.17, 15) is 20.2 Å². The Kier molecular flexibility index (Phi) is 7.93. The van der Waals surface area contributed by atoms with Crippen LogP contribution in [0.15, 0.2) is 85.0 Å². The lowest BCUT2D eigenvalue weighted by Gasteiger charge is -2.12. The molecule has 0 saturated carbocycles. The highest BCUT2D eigenvalue weighted by molar-refractivity contribution is 6.09. The smallest absolute Gasteiger partial charge is 0.269 e. The number of anilines is 1. The molecule has 7 nitrogen and oxygen atoms in total. The quantitative estimate of drug-likeness (QED) is 0.146. The van der Waals surface area contributed by atoms with Crippen molar-refractivity contribution in [1.82, 2.24) is 0 Å². The average Bonchev–Trinajstić information content (AvgIpc) is 2.83. The Morgan fingerprint density at radius 1 is 1.15 bits per heavy atom. The third-order valence-electron chi connectivity index (χ3n) is 4.98. The van der Waals surface area contributed by atoms with E-state index in [1.165, 1.54) is 18.2 Å². The summed E-state index contributed by atoms with van der Waals surface area (Å²) in [5.74, 6) is 0.133. The summed E-state index contributed by atoms with van der Waals surface area (Å²) in [6.45, 7) is 5.96. The Morgan fingerprint density at radius 2 is 1.85 bits per heavy atom. The molecular weight excluding hydrogens is 430 g/mol. The van der Waals surface area contributed by atoms with Gasteiger partial charge in [0.2, 0.25) is 0 Å². The highest BCUT2D eigenvalue weighted by Crippen LogP contribution is 2.24. The minimum absolute atomic E-state index is 0.0203. The molecule has 0 fully saturated rings. The molecule has 0 aliphatic heterocycles. The summed E-state index contributed by atoms with van der Waals surface area (Å²) >= 11 is 0. The number of nitro benzene ring substituents is 1.